The van der Waals surface area contributed by atoms with Gasteiger partial charge in [0.1, 0.15) is 12.1 Å². The maximum absolute atomic E-state index is 5.34. The Hall–Kier alpha value is -2.63. The topological polar surface area (TPSA) is 68.6 Å². The fourth-order valence-electron chi connectivity index (χ4n) is 1.81. The van der Waals surface area contributed by atoms with Gasteiger partial charge in [-0.2, -0.15) is 0 Å². The molecule has 0 saturated carbocycles. The summed E-state index contributed by atoms with van der Waals surface area (Å²) in [5, 5.41) is 0. The van der Waals surface area contributed by atoms with Crippen molar-refractivity contribution in [3.8, 4) is 5.82 Å². The molecule has 3 aromatic rings. The zero-order valence-corrected chi connectivity index (χ0v) is 10.5. The lowest BCUT2D eigenvalue weighted by molar-refractivity contribution is 0.296. The van der Waals surface area contributed by atoms with Crippen LogP contribution >= 0.6 is 0 Å². The fourth-order valence-corrected chi connectivity index (χ4v) is 1.81. The number of rotatable bonds is 4. The van der Waals surface area contributed by atoms with Gasteiger partial charge in [0.2, 0.25) is 0 Å². The molecule has 6 nitrogen and oxygen atoms in total. The van der Waals surface area contributed by atoms with Crippen LogP contribution in [0.4, 0.5) is 0 Å². The normalized spacial score (nSPS) is 10.8. The van der Waals surface area contributed by atoms with Crippen LogP contribution in [0, 0.1) is 0 Å². The van der Waals surface area contributed by atoms with Crippen molar-refractivity contribution >= 4 is 16.8 Å². The van der Waals surface area contributed by atoms with Gasteiger partial charge in [0, 0.05) is 18.5 Å². The number of imidazole rings is 2. The zero-order valence-electron chi connectivity index (χ0n) is 10.5. The maximum atomic E-state index is 5.34. The fraction of sp³-hybridized carbons (Fsp3) is 0.154. The van der Waals surface area contributed by atoms with Gasteiger partial charge in [0.05, 0.1) is 23.8 Å². The van der Waals surface area contributed by atoms with Crippen LogP contribution in [0.2, 0.25) is 0 Å². The van der Waals surface area contributed by atoms with Crippen LogP contribution in [0.5, 0.6) is 0 Å². The van der Waals surface area contributed by atoms with Gasteiger partial charge in [-0.3, -0.25) is 4.57 Å². The second-order valence-corrected chi connectivity index (χ2v) is 3.97. The molecule has 0 aliphatic carbocycles. The minimum absolute atomic E-state index is 0.530. The number of H-pyrrole nitrogens is 1. The standard InChI is InChI=1S/C13H13N5O/c1-3-19-9(2)13-16-10-6-12(15-7-11(10)17-13)18-5-4-14-8-18/h4-8H,2-3H2,1H3,(H,16,17). The molecular formula is C13H13N5O. The van der Waals surface area contributed by atoms with Gasteiger partial charge < -0.3 is 9.72 Å². The molecule has 0 spiro atoms. The van der Waals surface area contributed by atoms with E-state index >= 15 is 0 Å². The number of aromatic nitrogens is 5. The van der Waals surface area contributed by atoms with Gasteiger partial charge in [-0.15, -0.1) is 0 Å². The predicted molar refractivity (Wildman–Crippen MR) is 71.7 cm³/mol. The van der Waals surface area contributed by atoms with Gasteiger partial charge >= 0.3 is 0 Å². The number of hydrogen-bond donors (Lipinski definition) is 1. The molecule has 0 aliphatic heterocycles. The largest absolute Gasteiger partial charge is 0.491 e. The Morgan fingerprint density at radius 3 is 3.16 bits per heavy atom. The predicted octanol–water partition coefficient (Wildman–Crippen LogP) is 2.15. The minimum atomic E-state index is 0.530. The molecule has 0 amide bonds. The van der Waals surface area contributed by atoms with E-state index in [0.29, 0.717) is 18.2 Å². The van der Waals surface area contributed by atoms with E-state index in [-0.39, 0.29) is 0 Å². The second-order valence-electron chi connectivity index (χ2n) is 3.97. The Balaban J connectivity index is 2.02. The highest BCUT2D eigenvalue weighted by Gasteiger charge is 2.08. The number of nitrogens with one attached hydrogen (secondary N) is 1. The van der Waals surface area contributed by atoms with Crippen molar-refractivity contribution in [2.24, 2.45) is 0 Å². The average molecular weight is 255 g/mol. The number of aromatic amines is 1. The first-order chi connectivity index (χ1) is 9.28. The first-order valence-corrected chi connectivity index (χ1v) is 5.94. The van der Waals surface area contributed by atoms with Gasteiger partial charge in [-0.1, -0.05) is 6.58 Å². The smallest absolute Gasteiger partial charge is 0.173 e. The summed E-state index contributed by atoms with van der Waals surface area (Å²) in [6.45, 7) is 6.30. The van der Waals surface area contributed by atoms with Crippen LogP contribution in [0.25, 0.3) is 22.6 Å². The average Bonchev–Trinajstić information content (AvgIpc) is 3.07. The molecule has 1 N–H and O–H groups in total. The number of fused-ring (bicyclic) bond motifs is 1. The SMILES string of the molecule is C=C(OCC)c1nc2cc(-n3ccnc3)ncc2[nH]1. The first-order valence-electron chi connectivity index (χ1n) is 5.94. The molecule has 3 rings (SSSR count). The second kappa shape index (κ2) is 4.56. The van der Waals surface area contributed by atoms with Crippen LogP contribution in [-0.4, -0.2) is 31.1 Å². The van der Waals surface area contributed by atoms with Crippen LogP contribution in [0.1, 0.15) is 12.7 Å². The summed E-state index contributed by atoms with van der Waals surface area (Å²) in [5.41, 5.74) is 1.66. The van der Waals surface area contributed by atoms with Crippen molar-refractivity contribution in [1.82, 2.24) is 24.5 Å². The monoisotopic (exact) mass is 255 g/mol. The van der Waals surface area contributed by atoms with E-state index in [1.807, 2.05) is 23.8 Å². The first kappa shape index (κ1) is 11.5. The number of ether oxygens (including phenoxy) is 1. The summed E-state index contributed by atoms with van der Waals surface area (Å²) in [7, 11) is 0. The minimum Gasteiger partial charge on any atom is -0.491 e. The Kier molecular flexibility index (Phi) is 2.75. The van der Waals surface area contributed by atoms with E-state index in [4.69, 9.17) is 4.74 Å². The van der Waals surface area contributed by atoms with Crippen molar-refractivity contribution in [2.75, 3.05) is 6.61 Å². The Morgan fingerprint density at radius 2 is 2.42 bits per heavy atom. The highest BCUT2D eigenvalue weighted by atomic mass is 16.5. The van der Waals surface area contributed by atoms with Crippen molar-refractivity contribution in [2.45, 2.75) is 6.92 Å². The highest BCUT2D eigenvalue weighted by molar-refractivity contribution is 5.78. The molecule has 3 aromatic heterocycles. The van der Waals surface area contributed by atoms with E-state index in [0.717, 1.165) is 16.9 Å². The summed E-state index contributed by atoms with van der Waals surface area (Å²) in [5.74, 6) is 1.93. The summed E-state index contributed by atoms with van der Waals surface area (Å²) in [4.78, 5) is 15.9. The van der Waals surface area contributed by atoms with Crippen LogP contribution < -0.4 is 0 Å². The molecule has 0 unspecified atom stereocenters. The third-order valence-corrected chi connectivity index (χ3v) is 2.70. The molecule has 0 atom stereocenters. The van der Waals surface area contributed by atoms with E-state index < -0.39 is 0 Å². The van der Waals surface area contributed by atoms with Crippen molar-refractivity contribution in [3.05, 3.63) is 43.4 Å². The molecule has 0 bridgehead atoms. The molecule has 96 valence electrons. The molecule has 19 heavy (non-hydrogen) atoms. The van der Waals surface area contributed by atoms with Crippen molar-refractivity contribution in [3.63, 3.8) is 0 Å². The molecule has 0 radical (unpaired) electrons. The molecule has 6 heteroatoms. The molecule has 0 saturated heterocycles. The van der Waals surface area contributed by atoms with Crippen LogP contribution in [-0.2, 0) is 4.74 Å². The van der Waals surface area contributed by atoms with Gasteiger partial charge in [0.15, 0.2) is 11.6 Å². The van der Waals surface area contributed by atoms with E-state index in [9.17, 15) is 0 Å². The van der Waals surface area contributed by atoms with Gasteiger partial charge in [-0.25, -0.2) is 15.0 Å². The Bertz CT molecular complexity index is 714. The maximum Gasteiger partial charge on any atom is 0.173 e. The Morgan fingerprint density at radius 1 is 1.53 bits per heavy atom. The van der Waals surface area contributed by atoms with Crippen LogP contribution in [0.15, 0.2) is 37.6 Å². The summed E-state index contributed by atoms with van der Waals surface area (Å²) < 4.78 is 7.16. The number of nitrogens with zero attached hydrogens (tertiary/aromatic N) is 4. The highest BCUT2D eigenvalue weighted by Crippen LogP contribution is 2.18. The third kappa shape index (κ3) is 2.08. The third-order valence-electron chi connectivity index (χ3n) is 2.70. The quantitative estimate of drug-likeness (QED) is 0.725. The molecule has 3 heterocycles. The number of hydrogen-bond acceptors (Lipinski definition) is 4. The van der Waals surface area contributed by atoms with Gasteiger partial charge in [0.25, 0.3) is 0 Å². The van der Waals surface area contributed by atoms with Crippen molar-refractivity contribution in [1.29, 1.82) is 0 Å². The lowest BCUT2D eigenvalue weighted by atomic mass is 10.4. The van der Waals surface area contributed by atoms with Crippen molar-refractivity contribution < 1.29 is 4.74 Å². The molecule has 0 aliphatic rings. The molecule has 0 aromatic carbocycles. The summed E-state index contributed by atoms with van der Waals surface area (Å²) in [6.07, 6.45) is 6.97. The van der Waals surface area contributed by atoms with Crippen LogP contribution in [0.3, 0.4) is 0 Å². The lowest BCUT2D eigenvalue weighted by Crippen LogP contribution is -1.93. The van der Waals surface area contributed by atoms with E-state index in [1.54, 1.807) is 18.7 Å². The zero-order chi connectivity index (χ0) is 13.2. The van der Waals surface area contributed by atoms with E-state index in [2.05, 4.69) is 26.5 Å². The Labute approximate surface area is 109 Å². The molecular weight excluding hydrogens is 242 g/mol. The van der Waals surface area contributed by atoms with E-state index in [1.165, 1.54) is 0 Å². The summed E-state index contributed by atoms with van der Waals surface area (Å²) in [6, 6.07) is 1.89. The number of pyridine rings is 1. The lowest BCUT2D eigenvalue weighted by Gasteiger charge is -2.01. The molecule has 0 fully saturated rings. The summed E-state index contributed by atoms with van der Waals surface area (Å²) >= 11 is 0. The van der Waals surface area contributed by atoms with Gasteiger partial charge in [-0.05, 0) is 6.92 Å².